The predicted molar refractivity (Wildman–Crippen MR) is 62.7 cm³/mol. The summed E-state index contributed by atoms with van der Waals surface area (Å²) < 4.78 is 13.6. The Hall–Kier alpha value is -2.36. The third kappa shape index (κ3) is 1.73. The van der Waals surface area contributed by atoms with E-state index in [1.165, 1.54) is 6.07 Å². The van der Waals surface area contributed by atoms with E-state index < -0.39 is 0 Å². The minimum atomic E-state index is -0.289. The van der Waals surface area contributed by atoms with Crippen molar-refractivity contribution in [2.75, 3.05) is 0 Å². The summed E-state index contributed by atoms with van der Waals surface area (Å²) in [6.45, 7) is 0. The summed E-state index contributed by atoms with van der Waals surface area (Å²) >= 11 is 0. The Kier molecular flexibility index (Phi) is 2.26. The highest BCUT2D eigenvalue weighted by Crippen LogP contribution is 2.21. The molecule has 2 aromatic heterocycles. The lowest BCUT2D eigenvalue weighted by atomic mass is 10.1. The maximum absolute atomic E-state index is 13.6. The second-order valence-electron chi connectivity index (χ2n) is 3.58. The van der Waals surface area contributed by atoms with Crippen molar-refractivity contribution in [3.8, 4) is 11.3 Å². The lowest BCUT2D eigenvalue weighted by molar-refractivity contribution is 0.631. The predicted octanol–water partition coefficient (Wildman–Crippen LogP) is 2.83. The van der Waals surface area contributed by atoms with E-state index in [4.69, 9.17) is 0 Å². The number of aromatic nitrogens is 3. The van der Waals surface area contributed by atoms with Crippen LogP contribution in [0.4, 0.5) is 4.39 Å². The van der Waals surface area contributed by atoms with E-state index in [9.17, 15) is 4.39 Å². The van der Waals surface area contributed by atoms with Gasteiger partial charge in [-0.2, -0.15) is 0 Å². The van der Waals surface area contributed by atoms with Crippen molar-refractivity contribution < 1.29 is 4.39 Å². The molecule has 0 atom stereocenters. The maximum Gasteiger partial charge on any atom is 0.178 e. The van der Waals surface area contributed by atoms with Crippen LogP contribution in [0.5, 0.6) is 0 Å². The van der Waals surface area contributed by atoms with Gasteiger partial charge < -0.3 is 0 Å². The lowest BCUT2D eigenvalue weighted by Gasteiger charge is -2.02. The van der Waals surface area contributed by atoms with E-state index in [1.807, 2.05) is 0 Å². The van der Waals surface area contributed by atoms with Gasteiger partial charge in [0.05, 0.1) is 5.69 Å². The number of fused-ring (bicyclic) bond motifs is 1. The normalized spacial score (nSPS) is 10.6. The average molecular weight is 225 g/mol. The van der Waals surface area contributed by atoms with Gasteiger partial charge in [-0.3, -0.25) is 4.98 Å². The van der Waals surface area contributed by atoms with Crippen LogP contribution in [0.1, 0.15) is 0 Å². The molecule has 3 nitrogen and oxygen atoms in total. The highest BCUT2D eigenvalue weighted by molar-refractivity contribution is 5.74. The fourth-order valence-corrected chi connectivity index (χ4v) is 1.67. The molecule has 0 unspecified atom stereocenters. The molecule has 0 aliphatic rings. The van der Waals surface area contributed by atoms with Gasteiger partial charge in [-0.15, -0.1) is 0 Å². The van der Waals surface area contributed by atoms with Crippen LogP contribution in [-0.2, 0) is 0 Å². The summed E-state index contributed by atoms with van der Waals surface area (Å²) in [5.74, 6) is -0.289. The molecular formula is C13H8FN3. The second-order valence-corrected chi connectivity index (χ2v) is 3.58. The van der Waals surface area contributed by atoms with Gasteiger partial charge in [-0.1, -0.05) is 12.1 Å². The topological polar surface area (TPSA) is 38.7 Å². The molecule has 0 aliphatic heterocycles. The monoisotopic (exact) mass is 225 g/mol. The van der Waals surface area contributed by atoms with Crippen molar-refractivity contribution in [3.63, 3.8) is 0 Å². The molecule has 0 N–H and O–H groups in total. The molecule has 0 bridgehead atoms. The number of halogens is 1. The van der Waals surface area contributed by atoms with Crippen LogP contribution in [0.25, 0.3) is 22.4 Å². The molecule has 0 saturated heterocycles. The molecule has 2 heterocycles. The lowest BCUT2D eigenvalue weighted by Crippen LogP contribution is -1.91. The Morgan fingerprint density at radius 2 is 1.71 bits per heavy atom. The maximum atomic E-state index is 13.6. The first-order chi connectivity index (χ1) is 8.34. The number of nitrogens with zero attached hydrogens (tertiary/aromatic N) is 3. The van der Waals surface area contributed by atoms with Crippen molar-refractivity contribution in [1.82, 2.24) is 15.0 Å². The summed E-state index contributed by atoms with van der Waals surface area (Å²) in [5.41, 5.74) is 2.26. The zero-order valence-electron chi connectivity index (χ0n) is 8.84. The number of hydrogen-bond acceptors (Lipinski definition) is 3. The number of pyridine rings is 1. The van der Waals surface area contributed by atoms with Crippen molar-refractivity contribution >= 4 is 11.2 Å². The SMILES string of the molecule is Fc1ccccc1-c1ccc2nccnc2n1. The molecule has 0 spiro atoms. The first-order valence-corrected chi connectivity index (χ1v) is 5.17. The van der Waals surface area contributed by atoms with Crippen LogP contribution in [0, 0.1) is 5.82 Å². The number of rotatable bonds is 1. The summed E-state index contributed by atoms with van der Waals surface area (Å²) in [6, 6.07) is 10.1. The van der Waals surface area contributed by atoms with Crippen molar-refractivity contribution in [2.24, 2.45) is 0 Å². The summed E-state index contributed by atoms with van der Waals surface area (Å²) in [6.07, 6.45) is 3.17. The fraction of sp³-hybridized carbons (Fsp3) is 0. The van der Waals surface area contributed by atoms with Gasteiger partial charge in [0.2, 0.25) is 0 Å². The minimum Gasteiger partial charge on any atom is -0.251 e. The highest BCUT2D eigenvalue weighted by atomic mass is 19.1. The molecule has 82 valence electrons. The zero-order valence-corrected chi connectivity index (χ0v) is 8.84. The largest absolute Gasteiger partial charge is 0.251 e. The van der Waals surface area contributed by atoms with Crippen LogP contribution in [0.2, 0.25) is 0 Å². The Balaban J connectivity index is 2.22. The molecule has 1 aromatic carbocycles. The third-order valence-corrected chi connectivity index (χ3v) is 2.48. The van der Waals surface area contributed by atoms with Crippen LogP contribution >= 0.6 is 0 Å². The van der Waals surface area contributed by atoms with E-state index >= 15 is 0 Å². The van der Waals surface area contributed by atoms with E-state index in [1.54, 1.807) is 42.7 Å². The highest BCUT2D eigenvalue weighted by Gasteiger charge is 2.06. The molecule has 4 heteroatoms. The van der Waals surface area contributed by atoms with Crippen LogP contribution in [0.15, 0.2) is 48.8 Å². The van der Waals surface area contributed by atoms with Crippen LogP contribution in [0.3, 0.4) is 0 Å². The summed E-state index contributed by atoms with van der Waals surface area (Å²) in [5, 5.41) is 0. The van der Waals surface area contributed by atoms with E-state index in [0.717, 1.165) is 0 Å². The standard InChI is InChI=1S/C13H8FN3/c14-10-4-2-1-3-9(10)11-5-6-12-13(17-11)16-8-7-15-12/h1-8H. The molecule has 0 radical (unpaired) electrons. The smallest absolute Gasteiger partial charge is 0.178 e. The first-order valence-electron chi connectivity index (χ1n) is 5.17. The van der Waals surface area contributed by atoms with Crippen LogP contribution in [-0.4, -0.2) is 15.0 Å². The Morgan fingerprint density at radius 3 is 2.59 bits per heavy atom. The Labute approximate surface area is 97.0 Å². The fourth-order valence-electron chi connectivity index (χ4n) is 1.67. The second kappa shape index (κ2) is 3.90. The molecule has 0 fully saturated rings. The third-order valence-electron chi connectivity index (χ3n) is 2.48. The number of hydrogen-bond donors (Lipinski definition) is 0. The molecule has 0 saturated carbocycles. The van der Waals surface area contributed by atoms with E-state index in [2.05, 4.69) is 15.0 Å². The van der Waals surface area contributed by atoms with Gasteiger partial charge in [0.1, 0.15) is 11.3 Å². The molecule has 0 amide bonds. The van der Waals surface area contributed by atoms with E-state index in [0.29, 0.717) is 22.4 Å². The van der Waals surface area contributed by atoms with Crippen molar-refractivity contribution in [1.29, 1.82) is 0 Å². The average Bonchev–Trinajstić information content (AvgIpc) is 2.39. The number of benzene rings is 1. The molecule has 0 aliphatic carbocycles. The summed E-state index contributed by atoms with van der Waals surface area (Å²) in [4.78, 5) is 12.5. The minimum absolute atomic E-state index is 0.289. The first kappa shape index (κ1) is 9.84. The van der Waals surface area contributed by atoms with Crippen molar-refractivity contribution in [2.45, 2.75) is 0 Å². The molecular weight excluding hydrogens is 217 g/mol. The van der Waals surface area contributed by atoms with Gasteiger partial charge in [-0.25, -0.2) is 14.4 Å². The quantitative estimate of drug-likeness (QED) is 0.639. The Bertz CT molecular complexity index is 682. The van der Waals surface area contributed by atoms with Crippen molar-refractivity contribution in [3.05, 3.63) is 54.6 Å². The van der Waals surface area contributed by atoms with Gasteiger partial charge in [0, 0.05) is 18.0 Å². The van der Waals surface area contributed by atoms with Gasteiger partial charge >= 0.3 is 0 Å². The Morgan fingerprint density at radius 1 is 0.882 bits per heavy atom. The van der Waals surface area contributed by atoms with E-state index in [-0.39, 0.29) is 5.82 Å². The molecule has 3 rings (SSSR count). The summed E-state index contributed by atoms with van der Waals surface area (Å²) in [7, 11) is 0. The molecule has 3 aromatic rings. The van der Waals surface area contributed by atoms with Gasteiger partial charge in [0.25, 0.3) is 0 Å². The molecule has 17 heavy (non-hydrogen) atoms. The van der Waals surface area contributed by atoms with Gasteiger partial charge in [-0.05, 0) is 24.3 Å². The van der Waals surface area contributed by atoms with Crippen LogP contribution < -0.4 is 0 Å². The zero-order chi connectivity index (χ0) is 11.7. The van der Waals surface area contributed by atoms with Gasteiger partial charge in [0.15, 0.2) is 5.65 Å².